The summed E-state index contributed by atoms with van der Waals surface area (Å²) in [6.07, 6.45) is -0.279. The molecule has 1 aliphatic heterocycles. The van der Waals surface area contributed by atoms with Crippen LogP contribution in [0.2, 0.25) is 0 Å². The third kappa shape index (κ3) is 3.45. The Morgan fingerprint density at radius 1 is 1.14 bits per heavy atom. The Balaban J connectivity index is 2.06. The molecule has 0 aromatic heterocycles. The molecule has 114 valence electrons. The van der Waals surface area contributed by atoms with Gasteiger partial charge in [0.1, 0.15) is 0 Å². The average molecular weight is 292 g/mol. The molecule has 0 saturated carbocycles. The van der Waals surface area contributed by atoms with Gasteiger partial charge in [-0.3, -0.25) is 0 Å². The Hall–Kier alpha value is -2.24. The number of para-hydroxylation sites is 1. The minimum absolute atomic E-state index is 0.279. The van der Waals surface area contributed by atoms with Gasteiger partial charge in [0.05, 0.1) is 25.0 Å². The molecule has 6 heteroatoms. The van der Waals surface area contributed by atoms with Gasteiger partial charge in [0.15, 0.2) is 0 Å². The fraction of sp³-hybridized carbons (Fsp3) is 0.467. The van der Waals surface area contributed by atoms with Gasteiger partial charge < -0.3 is 19.3 Å². The molecule has 0 N–H and O–H groups in total. The number of methoxy groups -OCH3 is 1. The van der Waals surface area contributed by atoms with Crippen molar-refractivity contribution < 1.29 is 19.1 Å². The van der Waals surface area contributed by atoms with Gasteiger partial charge in [-0.15, -0.1) is 0 Å². The summed E-state index contributed by atoms with van der Waals surface area (Å²) >= 11 is 0. The van der Waals surface area contributed by atoms with Crippen molar-refractivity contribution >= 4 is 17.7 Å². The van der Waals surface area contributed by atoms with Gasteiger partial charge in [-0.1, -0.05) is 12.1 Å². The van der Waals surface area contributed by atoms with Gasteiger partial charge in [-0.2, -0.15) is 0 Å². The second-order valence-corrected chi connectivity index (χ2v) is 4.68. The lowest BCUT2D eigenvalue weighted by Gasteiger charge is -2.36. The van der Waals surface area contributed by atoms with Crippen LogP contribution in [0.25, 0.3) is 0 Å². The zero-order valence-electron chi connectivity index (χ0n) is 12.4. The van der Waals surface area contributed by atoms with Crippen molar-refractivity contribution in [3.8, 4) is 0 Å². The third-order valence-electron chi connectivity index (χ3n) is 3.46. The molecule has 1 amide bonds. The molecule has 1 aromatic carbocycles. The van der Waals surface area contributed by atoms with Crippen LogP contribution in [-0.2, 0) is 9.47 Å². The summed E-state index contributed by atoms with van der Waals surface area (Å²) in [4.78, 5) is 27.2. The summed E-state index contributed by atoms with van der Waals surface area (Å²) in [5, 5.41) is 0. The maximum Gasteiger partial charge on any atom is 0.409 e. The fourth-order valence-electron chi connectivity index (χ4n) is 2.38. The molecule has 0 atom stereocenters. The highest BCUT2D eigenvalue weighted by Gasteiger charge is 2.24. The van der Waals surface area contributed by atoms with Crippen molar-refractivity contribution in [1.82, 2.24) is 4.90 Å². The molecule has 1 aromatic rings. The topological polar surface area (TPSA) is 59.1 Å². The van der Waals surface area contributed by atoms with E-state index in [4.69, 9.17) is 9.47 Å². The number of piperazine rings is 1. The molecular formula is C15H20N2O4. The molecule has 1 aliphatic rings. The molecule has 0 spiro atoms. The molecule has 0 aliphatic carbocycles. The van der Waals surface area contributed by atoms with Crippen LogP contribution in [0.15, 0.2) is 24.3 Å². The van der Waals surface area contributed by atoms with E-state index in [9.17, 15) is 9.59 Å². The highest BCUT2D eigenvalue weighted by atomic mass is 16.6. The molecule has 1 fully saturated rings. The van der Waals surface area contributed by atoms with Crippen LogP contribution < -0.4 is 4.90 Å². The number of carbonyl (C=O) groups excluding carboxylic acids is 2. The van der Waals surface area contributed by atoms with E-state index in [0.717, 1.165) is 5.69 Å². The third-order valence-corrected chi connectivity index (χ3v) is 3.46. The van der Waals surface area contributed by atoms with E-state index in [1.54, 1.807) is 17.9 Å². The van der Waals surface area contributed by atoms with Crippen LogP contribution >= 0.6 is 0 Å². The first-order valence-corrected chi connectivity index (χ1v) is 7.01. The largest absolute Gasteiger partial charge is 0.465 e. The molecular weight excluding hydrogens is 272 g/mol. The van der Waals surface area contributed by atoms with Crippen molar-refractivity contribution in [3.05, 3.63) is 29.8 Å². The maximum absolute atomic E-state index is 11.8. The van der Waals surface area contributed by atoms with Gasteiger partial charge in [-0.25, -0.2) is 9.59 Å². The van der Waals surface area contributed by atoms with E-state index in [1.165, 1.54) is 7.11 Å². The van der Waals surface area contributed by atoms with Crippen LogP contribution in [0, 0.1) is 0 Å². The van der Waals surface area contributed by atoms with Crippen LogP contribution in [0.1, 0.15) is 17.3 Å². The van der Waals surface area contributed by atoms with E-state index >= 15 is 0 Å². The lowest BCUT2D eigenvalue weighted by molar-refractivity contribution is 0.0600. The first-order valence-electron chi connectivity index (χ1n) is 7.01. The van der Waals surface area contributed by atoms with Gasteiger partial charge in [0.2, 0.25) is 0 Å². The number of amides is 1. The lowest BCUT2D eigenvalue weighted by atomic mass is 10.1. The molecule has 0 unspecified atom stereocenters. The monoisotopic (exact) mass is 292 g/mol. The quantitative estimate of drug-likeness (QED) is 0.794. The molecule has 0 radical (unpaired) electrons. The summed E-state index contributed by atoms with van der Waals surface area (Å²) in [7, 11) is 1.37. The van der Waals surface area contributed by atoms with Gasteiger partial charge in [0, 0.05) is 26.2 Å². The molecule has 1 heterocycles. The predicted molar refractivity (Wildman–Crippen MR) is 78.6 cm³/mol. The highest BCUT2D eigenvalue weighted by Crippen LogP contribution is 2.22. The maximum atomic E-state index is 11.8. The number of benzene rings is 1. The van der Waals surface area contributed by atoms with Crippen LogP contribution in [0.3, 0.4) is 0 Å². The van der Waals surface area contributed by atoms with Crippen LogP contribution in [0.4, 0.5) is 10.5 Å². The number of carbonyl (C=O) groups is 2. The summed E-state index contributed by atoms with van der Waals surface area (Å²) in [5.74, 6) is -0.349. The van der Waals surface area contributed by atoms with Gasteiger partial charge >= 0.3 is 12.1 Å². The molecule has 2 rings (SSSR count). The number of hydrogen-bond acceptors (Lipinski definition) is 5. The van der Waals surface area contributed by atoms with Crippen LogP contribution in [0.5, 0.6) is 0 Å². The Morgan fingerprint density at radius 2 is 1.81 bits per heavy atom. The smallest absolute Gasteiger partial charge is 0.409 e. The Kier molecular flexibility index (Phi) is 5.03. The second-order valence-electron chi connectivity index (χ2n) is 4.68. The minimum atomic E-state index is -0.349. The zero-order chi connectivity index (χ0) is 15.2. The fourth-order valence-corrected chi connectivity index (χ4v) is 2.38. The van der Waals surface area contributed by atoms with Crippen molar-refractivity contribution in [2.75, 3.05) is 44.8 Å². The standard InChI is InChI=1S/C15H20N2O4/c1-3-21-15(19)17-10-8-16(9-11-17)13-7-5-4-6-12(13)14(18)20-2/h4-7H,3,8-11H2,1-2H3. The first kappa shape index (κ1) is 15.2. The lowest BCUT2D eigenvalue weighted by Crippen LogP contribution is -2.49. The summed E-state index contributed by atoms with van der Waals surface area (Å²) in [6, 6.07) is 7.34. The van der Waals surface area contributed by atoms with E-state index < -0.39 is 0 Å². The number of rotatable bonds is 3. The number of nitrogens with zero attached hydrogens (tertiary/aromatic N) is 2. The van der Waals surface area contributed by atoms with E-state index in [-0.39, 0.29) is 12.1 Å². The molecule has 1 saturated heterocycles. The van der Waals surface area contributed by atoms with Crippen molar-refractivity contribution in [2.24, 2.45) is 0 Å². The van der Waals surface area contributed by atoms with E-state index in [0.29, 0.717) is 38.3 Å². The molecule has 21 heavy (non-hydrogen) atoms. The molecule has 6 nitrogen and oxygen atoms in total. The SMILES string of the molecule is CCOC(=O)N1CCN(c2ccccc2C(=O)OC)CC1. The Morgan fingerprint density at radius 3 is 2.43 bits per heavy atom. The minimum Gasteiger partial charge on any atom is -0.465 e. The van der Waals surface area contributed by atoms with Crippen LogP contribution in [-0.4, -0.2) is 56.9 Å². The highest BCUT2D eigenvalue weighted by molar-refractivity contribution is 5.95. The number of ether oxygens (including phenoxy) is 2. The first-order chi connectivity index (χ1) is 10.2. The average Bonchev–Trinajstić information content (AvgIpc) is 2.54. The number of hydrogen-bond donors (Lipinski definition) is 0. The van der Waals surface area contributed by atoms with Crippen molar-refractivity contribution in [1.29, 1.82) is 0 Å². The Labute approximate surface area is 124 Å². The van der Waals surface area contributed by atoms with E-state index in [2.05, 4.69) is 4.90 Å². The summed E-state index contributed by atoms with van der Waals surface area (Å²) in [6.45, 7) is 4.65. The number of anilines is 1. The van der Waals surface area contributed by atoms with E-state index in [1.807, 2.05) is 18.2 Å². The number of esters is 1. The van der Waals surface area contributed by atoms with Crippen molar-refractivity contribution in [2.45, 2.75) is 6.92 Å². The Bertz CT molecular complexity index is 510. The second kappa shape index (κ2) is 6.97. The zero-order valence-corrected chi connectivity index (χ0v) is 12.4. The van der Waals surface area contributed by atoms with Gasteiger partial charge in [-0.05, 0) is 19.1 Å². The van der Waals surface area contributed by atoms with Crippen molar-refractivity contribution in [3.63, 3.8) is 0 Å². The summed E-state index contributed by atoms with van der Waals surface area (Å²) in [5.41, 5.74) is 1.39. The summed E-state index contributed by atoms with van der Waals surface area (Å²) < 4.78 is 9.80. The normalized spacial score (nSPS) is 14.8. The van der Waals surface area contributed by atoms with Gasteiger partial charge in [0.25, 0.3) is 0 Å². The predicted octanol–water partition coefficient (Wildman–Crippen LogP) is 1.75. The molecule has 0 bridgehead atoms.